The van der Waals surface area contributed by atoms with Gasteiger partial charge >= 0.3 is 5.97 Å². The molecule has 1 N–H and O–H groups in total. The summed E-state index contributed by atoms with van der Waals surface area (Å²) in [5.41, 5.74) is -1.41. The number of hydrogen-bond donors (Lipinski definition) is 1. The molecule has 3 saturated heterocycles. The molecule has 38 heavy (non-hydrogen) atoms. The molecule has 9 heteroatoms. The van der Waals surface area contributed by atoms with E-state index in [4.69, 9.17) is 21.1 Å². The molecule has 0 radical (unpaired) electrons. The van der Waals surface area contributed by atoms with Crippen LogP contribution in [-0.4, -0.2) is 71.3 Å². The topological polar surface area (TPSA) is 96.4 Å². The highest BCUT2D eigenvalue weighted by Gasteiger charge is 2.78. The number of allylic oxidation sites excluding steroid dienone is 1. The second kappa shape index (κ2) is 11.6. The van der Waals surface area contributed by atoms with Gasteiger partial charge in [0.25, 0.3) is 5.91 Å². The average molecular weight is 545 g/mol. The summed E-state index contributed by atoms with van der Waals surface area (Å²) in [6.45, 7) is 10.1. The van der Waals surface area contributed by atoms with E-state index in [0.29, 0.717) is 42.8 Å². The van der Waals surface area contributed by atoms with Crippen molar-refractivity contribution in [2.75, 3.05) is 31.2 Å². The number of fused-ring (bicyclic) bond motifs is 1. The van der Waals surface area contributed by atoms with Crippen molar-refractivity contribution in [2.45, 2.75) is 62.7 Å². The van der Waals surface area contributed by atoms with Gasteiger partial charge in [0, 0.05) is 30.4 Å². The number of carbonyl (C=O) groups is 3. The zero-order chi connectivity index (χ0) is 27.5. The molecule has 8 nitrogen and oxygen atoms in total. The van der Waals surface area contributed by atoms with Crippen molar-refractivity contribution in [3.05, 3.63) is 54.6 Å². The third-order valence-electron chi connectivity index (χ3n) is 8.08. The SMILES string of the molecule is C=CCCCOC(=O)[C@H]1[C@H]2C(=O)N(CCCCO)C(C(=O)N(CC=C)c3ccc(Cl)cc3)C23CC[C@]1(C)O3. The summed E-state index contributed by atoms with van der Waals surface area (Å²) in [5.74, 6) is -2.63. The molecule has 0 aliphatic carbocycles. The highest BCUT2D eigenvalue weighted by molar-refractivity contribution is 6.30. The summed E-state index contributed by atoms with van der Waals surface area (Å²) in [5, 5.41) is 9.89. The number of anilines is 1. The summed E-state index contributed by atoms with van der Waals surface area (Å²) in [4.78, 5) is 44.9. The van der Waals surface area contributed by atoms with Crippen LogP contribution in [0.25, 0.3) is 0 Å². The van der Waals surface area contributed by atoms with E-state index in [-0.39, 0.29) is 38.1 Å². The molecule has 1 spiro atoms. The molecule has 2 unspecified atom stereocenters. The van der Waals surface area contributed by atoms with Gasteiger partial charge in [-0.1, -0.05) is 23.8 Å². The van der Waals surface area contributed by atoms with Crippen LogP contribution < -0.4 is 4.90 Å². The number of nitrogens with zero attached hydrogens (tertiary/aromatic N) is 2. The van der Waals surface area contributed by atoms with Crippen LogP contribution in [0.5, 0.6) is 0 Å². The lowest BCUT2D eigenvalue weighted by Gasteiger charge is -2.36. The number of carbonyl (C=O) groups excluding carboxylic acids is 3. The Hall–Kier alpha value is -2.68. The molecular formula is C29H37ClN2O6. The highest BCUT2D eigenvalue weighted by Crippen LogP contribution is 2.63. The molecule has 3 aliphatic heterocycles. The Bertz CT molecular complexity index is 1080. The van der Waals surface area contributed by atoms with Crippen LogP contribution in [0.3, 0.4) is 0 Å². The minimum atomic E-state index is -1.14. The van der Waals surface area contributed by atoms with E-state index < -0.39 is 35.0 Å². The number of aliphatic hydroxyl groups is 1. The summed E-state index contributed by atoms with van der Waals surface area (Å²) >= 11 is 6.09. The van der Waals surface area contributed by atoms with Crippen LogP contribution in [0, 0.1) is 11.8 Å². The number of esters is 1. The third kappa shape index (κ3) is 4.90. The zero-order valence-corrected chi connectivity index (χ0v) is 22.7. The van der Waals surface area contributed by atoms with Crippen LogP contribution in [-0.2, 0) is 23.9 Å². The Morgan fingerprint density at radius 1 is 1.21 bits per heavy atom. The van der Waals surface area contributed by atoms with Gasteiger partial charge in [-0.25, -0.2) is 0 Å². The predicted octanol–water partition coefficient (Wildman–Crippen LogP) is 3.91. The summed E-state index contributed by atoms with van der Waals surface area (Å²) < 4.78 is 12.2. The number of hydrogen-bond acceptors (Lipinski definition) is 6. The molecule has 206 valence electrons. The van der Waals surface area contributed by atoms with Crippen LogP contribution in [0.4, 0.5) is 5.69 Å². The summed E-state index contributed by atoms with van der Waals surface area (Å²) in [7, 11) is 0. The zero-order valence-electron chi connectivity index (χ0n) is 21.9. The first-order valence-corrected chi connectivity index (χ1v) is 13.7. The first kappa shape index (κ1) is 28.3. The number of rotatable bonds is 13. The van der Waals surface area contributed by atoms with Gasteiger partial charge in [0.1, 0.15) is 17.6 Å². The van der Waals surface area contributed by atoms with Gasteiger partial charge < -0.3 is 24.4 Å². The second-order valence-electron chi connectivity index (χ2n) is 10.5. The van der Waals surface area contributed by atoms with E-state index in [1.165, 1.54) is 0 Å². The van der Waals surface area contributed by atoms with Crippen LogP contribution in [0.1, 0.15) is 45.4 Å². The van der Waals surface area contributed by atoms with Crippen molar-refractivity contribution in [1.29, 1.82) is 0 Å². The first-order valence-electron chi connectivity index (χ1n) is 13.3. The van der Waals surface area contributed by atoms with Crippen molar-refractivity contribution < 1.29 is 29.0 Å². The molecule has 2 amide bonds. The molecule has 4 rings (SSSR count). The smallest absolute Gasteiger partial charge is 0.312 e. The number of amides is 2. The molecule has 0 saturated carbocycles. The fourth-order valence-electron chi connectivity index (χ4n) is 6.41. The van der Waals surface area contributed by atoms with Crippen molar-refractivity contribution in [1.82, 2.24) is 4.90 Å². The first-order chi connectivity index (χ1) is 18.2. The quantitative estimate of drug-likeness (QED) is 0.230. The predicted molar refractivity (Wildman–Crippen MR) is 145 cm³/mol. The molecule has 2 bridgehead atoms. The van der Waals surface area contributed by atoms with E-state index in [9.17, 15) is 19.5 Å². The molecule has 5 atom stereocenters. The summed E-state index contributed by atoms with van der Waals surface area (Å²) in [6.07, 6.45) is 6.80. The minimum absolute atomic E-state index is 0.0171. The van der Waals surface area contributed by atoms with Gasteiger partial charge in [-0.2, -0.15) is 0 Å². The van der Waals surface area contributed by atoms with E-state index in [0.717, 1.165) is 6.42 Å². The maximum atomic E-state index is 14.4. The Morgan fingerprint density at radius 2 is 1.95 bits per heavy atom. The van der Waals surface area contributed by atoms with Gasteiger partial charge in [-0.05, 0) is 69.7 Å². The fourth-order valence-corrected chi connectivity index (χ4v) is 6.53. The van der Waals surface area contributed by atoms with Crippen LogP contribution in [0.2, 0.25) is 5.02 Å². The molecule has 3 aliphatic rings. The number of halogens is 1. The maximum Gasteiger partial charge on any atom is 0.312 e. The van der Waals surface area contributed by atoms with E-state index in [2.05, 4.69) is 13.2 Å². The molecule has 1 aromatic carbocycles. The van der Waals surface area contributed by atoms with Gasteiger partial charge in [-0.15, -0.1) is 13.2 Å². The van der Waals surface area contributed by atoms with Crippen molar-refractivity contribution in [3.63, 3.8) is 0 Å². The standard InChI is InChI=1S/C29H37ClN2O6/c1-4-6-9-19-37-27(36)23-22-25(34)32(17-7-8-18-33)24(29(22)15-14-28(23,3)38-29)26(35)31(16-5-2)21-12-10-20(30)11-13-21/h4-5,10-13,22-24,33H,1-2,6-9,14-19H2,3H3/t22-,23+,24?,28-,29?/m0/s1. The Balaban J connectivity index is 1.71. The van der Waals surface area contributed by atoms with Crippen LogP contribution >= 0.6 is 11.6 Å². The Morgan fingerprint density at radius 3 is 2.61 bits per heavy atom. The lowest BCUT2D eigenvalue weighted by Crippen LogP contribution is -2.56. The van der Waals surface area contributed by atoms with Gasteiger partial charge in [-0.3, -0.25) is 14.4 Å². The molecule has 1 aromatic rings. The second-order valence-corrected chi connectivity index (χ2v) is 10.9. The van der Waals surface area contributed by atoms with Crippen molar-refractivity contribution >= 4 is 35.1 Å². The summed E-state index contributed by atoms with van der Waals surface area (Å²) in [6, 6.07) is 6.00. The minimum Gasteiger partial charge on any atom is -0.465 e. The largest absolute Gasteiger partial charge is 0.465 e. The third-order valence-corrected chi connectivity index (χ3v) is 8.34. The highest BCUT2D eigenvalue weighted by atomic mass is 35.5. The van der Waals surface area contributed by atoms with Gasteiger partial charge in [0.15, 0.2) is 0 Å². The number of benzene rings is 1. The number of ether oxygens (including phenoxy) is 2. The molecular weight excluding hydrogens is 508 g/mol. The molecule has 0 aromatic heterocycles. The van der Waals surface area contributed by atoms with E-state index in [1.807, 2.05) is 6.92 Å². The number of likely N-dealkylation sites (tertiary alicyclic amines) is 1. The number of aliphatic hydroxyl groups excluding tert-OH is 1. The van der Waals surface area contributed by atoms with Crippen molar-refractivity contribution in [2.24, 2.45) is 11.8 Å². The monoisotopic (exact) mass is 544 g/mol. The normalized spacial score (nSPS) is 29.3. The fraction of sp³-hybridized carbons (Fsp3) is 0.552. The lowest BCUT2D eigenvalue weighted by molar-refractivity contribution is -0.159. The number of unbranched alkanes of at least 4 members (excludes halogenated alkanes) is 2. The van der Waals surface area contributed by atoms with E-state index >= 15 is 0 Å². The average Bonchev–Trinajstić information content (AvgIpc) is 3.46. The molecule has 3 heterocycles. The Labute approximate surface area is 229 Å². The van der Waals surface area contributed by atoms with Gasteiger partial charge in [0.05, 0.1) is 18.1 Å². The van der Waals surface area contributed by atoms with E-state index in [1.54, 1.807) is 46.2 Å². The van der Waals surface area contributed by atoms with Crippen LogP contribution in [0.15, 0.2) is 49.6 Å². The Kier molecular flexibility index (Phi) is 8.65. The maximum absolute atomic E-state index is 14.4. The van der Waals surface area contributed by atoms with Crippen molar-refractivity contribution in [3.8, 4) is 0 Å². The molecule has 3 fully saturated rings. The lowest BCUT2D eigenvalue weighted by atomic mass is 9.66. The van der Waals surface area contributed by atoms with Gasteiger partial charge in [0.2, 0.25) is 5.91 Å².